The molecule has 0 aliphatic heterocycles. The minimum absolute atomic E-state index is 0.151. The second kappa shape index (κ2) is 5.06. The molecule has 9 nitrogen and oxygen atoms in total. The van der Waals surface area contributed by atoms with Gasteiger partial charge in [-0.2, -0.15) is 15.1 Å². The average Bonchev–Trinajstić information content (AvgIpc) is 2.96. The number of nitrogen functional groups attached to an aromatic ring is 1. The number of hydrogen-bond donors (Lipinski definition) is 4. The van der Waals surface area contributed by atoms with Crippen LogP contribution in [0.25, 0.3) is 11.0 Å². The molecule has 1 amide bonds. The van der Waals surface area contributed by atoms with Crippen molar-refractivity contribution in [3.63, 3.8) is 0 Å². The van der Waals surface area contributed by atoms with Crippen LogP contribution < -0.4 is 21.7 Å². The molecule has 2 aromatic heterocycles. The molecule has 0 atom stereocenters. The lowest BCUT2D eigenvalue weighted by molar-refractivity contribution is 0.0998. The SMILES string of the molecule is NNc1nc(Oc2ccccc2C(N)=O)c2cn[nH]c2n1. The Kier molecular flexibility index (Phi) is 3.09. The molecule has 0 spiro atoms. The van der Waals surface area contributed by atoms with Crippen LogP contribution in [0.4, 0.5) is 5.95 Å². The summed E-state index contributed by atoms with van der Waals surface area (Å²) < 4.78 is 5.68. The maximum Gasteiger partial charge on any atom is 0.252 e. The minimum atomic E-state index is -0.597. The van der Waals surface area contributed by atoms with Gasteiger partial charge in [0.25, 0.3) is 5.91 Å². The number of anilines is 1. The molecule has 3 aromatic rings. The van der Waals surface area contributed by atoms with Gasteiger partial charge in [-0.3, -0.25) is 15.3 Å². The van der Waals surface area contributed by atoms with Crippen molar-refractivity contribution in [2.75, 3.05) is 5.43 Å². The number of H-pyrrole nitrogens is 1. The second-order valence-corrected chi connectivity index (χ2v) is 4.09. The standard InChI is InChI=1S/C12H11N7O2/c13-9(20)6-3-1-2-4-8(6)21-11-7-5-15-19-10(7)16-12(17-11)18-14/h1-5H,14H2,(H2,13,20)(H2,15,16,17,18,19). The number of fused-ring (bicyclic) bond motifs is 1. The van der Waals surface area contributed by atoms with Crippen molar-refractivity contribution >= 4 is 22.9 Å². The molecule has 3 rings (SSSR count). The van der Waals surface area contributed by atoms with E-state index in [4.69, 9.17) is 16.3 Å². The Morgan fingerprint density at radius 1 is 1.29 bits per heavy atom. The van der Waals surface area contributed by atoms with Crippen LogP contribution in [-0.2, 0) is 0 Å². The molecule has 0 aliphatic carbocycles. The lowest BCUT2D eigenvalue weighted by atomic mass is 10.2. The number of nitrogens with two attached hydrogens (primary N) is 2. The maximum atomic E-state index is 11.4. The summed E-state index contributed by atoms with van der Waals surface area (Å²) in [7, 11) is 0. The third-order valence-electron chi connectivity index (χ3n) is 2.76. The molecule has 21 heavy (non-hydrogen) atoms. The molecule has 0 radical (unpaired) electrons. The van der Waals surface area contributed by atoms with E-state index in [0.717, 1.165) is 0 Å². The van der Waals surface area contributed by atoms with E-state index in [9.17, 15) is 4.79 Å². The summed E-state index contributed by atoms with van der Waals surface area (Å²) in [6, 6.07) is 6.59. The molecule has 9 heteroatoms. The number of primary amides is 1. The Bertz CT molecular complexity index is 814. The van der Waals surface area contributed by atoms with Crippen molar-refractivity contribution in [2.24, 2.45) is 11.6 Å². The zero-order chi connectivity index (χ0) is 14.8. The van der Waals surface area contributed by atoms with Gasteiger partial charge in [-0.05, 0) is 12.1 Å². The van der Waals surface area contributed by atoms with Gasteiger partial charge in [0.2, 0.25) is 11.8 Å². The molecule has 0 unspecified atom stereocenters. The Morgan fingerprint density at radius 2 is 2.10 bits per heavy atom. The van der Waals surface area contributed by atoms with Crippen molar-refractivity contribution in [1.29, 1.82) is 0 Å². The fraction of sp³-hybridized carbons (Fsp3) is 0. The fourth-order valence-electron chi connectivity index (χ4n) is 1.81. The highest BCUT2D eigenvalue weighted by atomic mass is 16.5. The van der Waals surface area contributed by atoms with Crippen LogP contribution in [0.3, 0.4) is 0 Å². The number of ether oxygens (including phenoxy) is 1. The van der Waals surface area contributed by atoms with E-state index in [1.165, 1.54) is 6.20 Å². The Balaban J connectivity index is 2.10. The van der Waals surface area contributed by atoms with Crippen molar-refractivity contribution in [3.8, 4) is 11.6 Å². The molecule has 2 heterocycles. The topological polar surface area (TPSA) is 145 Å². The van der Waals surface area contributed by atoms with Gasteiger partial charge in [-0.25, -0.2) is 5.84 Å². The van der Waals surface area contributed by atoms with Crippen molar-refractivity contribution in [3.05, 3.63) is 36.0 Å². The molecular formula is C12H11N7O2. The van der Waals surface area contributed by atoms with E-state index >= 15 is 0 Å². The first-order chi connectivity index (χ1) is 10.2. The largest absolute Gasteiger partial charge is 0.437 e. The third kappa shape index (κ3) is 2.32. The van der Waals surface area contributed by atoms with Gasteiger partial charge in [0.1, 0.15) is 11.1 Å². The van der Waals surface area contributed by atoms with E-state index in [2.05, 4.69) is 25.6 Å². The number of hydrazine groups is 1. The molecule has 106 valence electrons. The zero-order valence-electron chi connectivity index (χ0n) is 10.7. The lowest BCUT2D eigenvalue weighted by Gasteiger charge is -2.09. The molecular weight excluding hydrogens is 274 g/mol. The van der Waals surface area contributed by atoms with E-state index in [1.54, 1.807) is 24.3 Å². The number of nitrogens with zero attached hydrogens (tertiary/aromatic N) is 3. The molecule has 0 saturated heterocycles. The number of aromatic amines is 1. The number of aromatic nitrogens is 4. The second-order valence-electron chi connectivity index (χ2n) is 4.09. The van der Waals surface area contributed by atoms with Gasteiger partial charge in [0.05, 0.1) is 11.8 Å². The predicted molar refractivity (Wildman–Crippen MR) is 74.5 cm³/mol. The number of carbonyl (C=O) groups excluding carboxylic acids is 1. The first kappa shape index (κ1) is 12.8. The summed E-state index contributed by atoms with van der Waals surface area (Å²) in [5.41, 5.74) is 8.34. The molecule has 0 saturated carbocycles. The number of amides is 1. The lowest BCUT2D eigenvalue weighted by Crippen LogP contribution is -2.13. The average molecular weight is 285 g/mol. The molecule has 0 bridgehead atoms. The molecule has 6 N–H and O–H groups in total. The summed E-state index contributed by atoms with van der Waals surface area (Å²) in [5.74, 6) is 5.36. The first-order valence-corrected chi connectivity index (χ1v) is 5.93. The van der Waals surface area contributed by atoms with Gasteiger partial charge in [-0.1, -0.05) is 12.1 Å². The van der Waals surface area contributed by atoms with Crippen LogP contribution in [0.15, 0.2) is 30.5 Å². The Labute approximate surface area is 118 Å². The van der Waals surface area contributed by atoms with E-state index < -0.39 is 5.91 Å². The van der Waals surface area contributed by atoms with E-state index in [1.807, 2.05) is 0 Å². The van der Waals surface area contributed by atoms with E-state index in [0.29, 0.717) is 11.0 Å². The highest BCUT2D eigenvalue weighted by molar-refractivity contribution is 5.95. The van der Waals surface area contributed by atoms with Crippen LogP contribution in [0.2, 0.25) is 0 Å². The molecule has 0 aliphatic rings. The number of para-hydroxylation sites is 1. The first-order valence-electron chi connectivity index (χ1n) is 5.93. The summed E-state index contributed by atoms with van der Waals surface area (Å²) in [4.78, 5) is 19.6. The fourth-order valence-corrected chi connectivity index (χ4v) is 1.81. The van der Waals surface area contributed by atoms with Gasteiger partial charge >= 0.3 is 0 Å². The molecule has 0 fully saturated rings. The highest BCUT2D eigenvalue weighted by Crippen LogP contribution is 2.29. The van der Waals surface area contributed by atoms with Gasteiger partial charge < -0.3 is 10.5 Å². The van der Waals surface area contributed by atoms with Crippen LogP contribution in [0, 0.1) is 0 Å². The van der Waals surface area contributed by atoms with Crippen molar-refractivity contribution in [2.45, 2.75) is 0 Å². The zero-order valence-corrected chi connectivity index (χ0v) is 10.7. The third-order valence-corrected chi connectivity index (χ3v) is 2.76. The number of hydrogen-bond acceptors (Lipinski definition) is 7. The number of rotatable bonds is 4. The monoisotopic (exact) mass is 285 g/mol. The van der Waals surface area contributed by atoms with Crippen molar-refractivity contribution in [1.82, 2.24) is 20.2 Å². The van der Waals surface area contributed by atoms with Crippen LogP contribution >= 0.6 is 0 Å². The quantitative estimate of drug-likeness (QED) is 0.404. The number of nitrogens with one attached hydrogen (secondary N) is 2. The smallest absolute Gasteiger partial charge is 0.252 e. The summed E-state index contributed by atoms with van der Waals surface area (Å²) in [5, 5.41) is 7.11. The van der Waals surface area contributed by atoms with Crippen LogP contribution in [0.1, 0.15) is 10.4 Å². The van der Waals surface area contributed by atoms with Gasteiger partial charge in [0.15, 0.2) is 5.65 Å². The Morgan fingerprint density at radius 3 is 2.86 bits per heavy atom. The van der Waals surface area contributed by atoms with Crippen LogP contribution in [0.5, 0.6) is 11.6 Å². The highest BCUT2D eigenvalue weighted by Gasteiger charge is 2.14. The number of carbonyl (C=O) groups is 1. The van der Waals surface area contributed by atoms with Gasteiger partial charge in [-0.15, -0.1) is 0 Å². The summed E-state index contributed by atoms with van der Waals surface area (Å²) in [6.07, 6.45) is 1.51. The predicted octanol–water partition coefficient (Wildman–Crippen LogP) is 0.530. The number of benzene rings is 1. The Hall–Kier alpha value is -3.20. The van der Waals surface area contributed by atoms with Crippen LogP contribution in [-0.4, -0.2) is 26.1 Å². The minimum Gasteiger partial charge on any atom is -0.437 e. The summed E-state index contributed by atoms with van der Waals surface area (Å²) >= 11 is 0. The van der Waals surface area contributed by atoms with Crippen molar-refractivity contribution < 1.29 is 9.53 Å². The normalized spacial score (nSPS) is 10.5. The summed E-state index contributed by atoms with van der Waals surface area (Å²) in [6.45, 7) is 0. The van der Waals surface area contributed by atoms with Gasteiger partial charge in [0, 0.05) is 0 Å². The molecule has 1 aromatic carbocycles. The maximum absolute atomic E-state index is 11.4. The van der Waals surface area contributed by atoms with E-state index in [-0.39, 0.29) is 23.1 Å².